The Morgan fingerprint density at radius 1 is 1.39 bits per heavy atom. The number of aryl methyl sites for hydroxylation is 1. The van der Waals surface area contributed by atoms with Crippen LogP contribution in [0, 0.1) is 6.92 Å². The average Bonchev–Trinajstić information content (AvgIpc) is 2.75. The number of fused-ring (bicyclic) bond motifs is 1. The fourth-order valence-electron chi connectivity index (χ4n) is 3.02. The molecule has 2 aromatic rings. The molecular formula is C15H21N3. The lowest BCUT2D eigenvalue weighted by atomic mass is 9.86. The van der Waals surface area contributed by atoms with Gasteiger partial charge >= 0.3 is 0 Å². The molecule has 0 spiro atoms. The van der Waals surface area contributed by atoms with Gasteiger partial charge in [0.1, 0.15) is 0 Å². The van der Waals surface area contributed by atoms with E-state index < -0.39 is 0 Å². The number of likely N-dealkylation sites (N-methyl/N-ethyl adjacent to an activating group) is 1. The van der Waals surface area contributed by atoms with E-state index in [1.807, 2.05) is 0 Å². The minimum absolute atomic E-state index is 0.278. The van der Waals surface area contributed by atoms with E-state index >= 15 is 0 Å². The summed E-state index contributed by atoms with van der Waals surface area (Å²) in [5, 5.41) is 1.34. The van der Waals surface area contributed by atoms with Gasteiger partial charge in [0.25, 0.3) is 0 Å². The molecule has 0 bridgehead atoms. The highest BCUT2D eigenvalue weighted by atomic mass is 15.1. The zero-order valence-electron chi connectivity index (χ0n) is 11.1. The van der Waals surface area contributed by atoms with Crippen molar-refractivity contribution in [2.45, 2.75) is 25.3 Å². The predicted molar refractivity (Wildman–Crippen MR) is 75.9 cm³/mol. The van der Waals surface area contributed by atoms with E-state index in [4.69, 9.17) is 5.73 Å². The number of hydrogen-bond acceptors (Lipinski definition) is 2. The Balaban J connectivity index is 2.05. The summed E-state index contributed by atoms with van der Waals surface area (Å²) >= 11 is 0. The Morgan fingerprint density at radius 3 is 3.06 bits per heavy atom. The molecule has 0 amide bonds. The summed E-state index contributed by atoms with van der Waals surface area (Å²) in [4.78, 5) is 5.75. The third kappa shape index (κ3) is 1.93. The molecule has 3 nitrogen and oxygen atoms in total. The summed E-state index contributed by atoms with van der Waals surface area (Å²) in [6.07, 6.45) is 3.23. The first-order valence-corrected chi connectivity index (χ1v) is 6.67. The first kappa shape index (κ1) is 11.8. The van der Waals surface area contributed by atoms with Crippen LogP contribution in [0.3, 0.4) is 0 Å². The highest BCUT2D eigenvalue weighted by molar-refractivity contribution is 5.84. The van der Waals surface area contributed by atoms with Crippen LogP contribution in [0.1, 0.15) is 23.5 Å². The highest BCUT2D eigenvalue weighted by Crippen LogP contribution is 2.31. The number of benzene rings is 1. The summed E-state index contributed by atoms with van der Waals surface area (Å²) in [5.41, 5.74) is 10.2. The first-order valence-electron chi connectivity index (χ1n) is 6.67. The number of nitrogens with one attached hydrogen (secondary N) is 1. The van der Waals surface area contributed by atoms with Crippen molar-refractivity contribution in [3.05, 3.63) is 35.5 Å². The van der Waals surface area contributed by atoms with Crippen molar-refractivity contribution in [2.75, 3.05) is 20.1 Å². The minimum atomic E-state index is 0.278. The fraction of sp³-hybridized carbons (Fsp3) is 0.467. The van der Waals surface area contributed by atoms with Gasteiger partial charge in [0.05, 0.1) is 0 Å². The van der Waals surface area contributed by atoms with Crippen molar-refractivity contribution in [1.82, 2.24) is 9.88 Å². The lowest BCUT2D eigenvalue weighted by Crippen LogP contribution is -2.43. The van der Waals surface area contributed by atoms with Crippen molar-refractivity contribution in [3.8, 4) is 0 Å². The van der Waals surface area contributed by atoms with Crippen LogP contribution < -0.4 is 5.73 Å². The SMILES string of the molecule is Cc1ccc2[nH]cc(C3CN(C)CCC3N)c2c1. The molecule has 1 aliphatic heterocycles. The van der Waals surface area contributed by atoms with Gasteiger partial charge in [-0.15, -0.1) is 0 Å². The first-order chi connectivity index (χ1) is 8.65. The number of nitrogens with zero attached hydrogens (tertiary/aromatic N) is 1. The van der Waals surface area contributed by atoms with Crippen LogP contribution in [-0.2, 0) is 0 Å². The van der Waals surface area contributed by atoms with Crippen molar-refractivity contribution >= 4 is 10.9 Å². The molecule has 96 valence electrons. The molecule has 3 heteroatoms. The average molecular weight is 243 g/mol. The number of likely N-dealkylation sites (tertiary alicyclic amines) is 1. The molecule has 1 aliphatic rings. The lowest BCUT2D eigenvalue weighted by Gasteiger charge is -2.34. The zero-order chi connectivity index (χ0) is 12.7. The number of aromatic amines is 1. The predicted octanol–water partition coefficient (Wildman–Crippen LogP) is 2.22. The van der Waals surface area contributed by atoms with Crippen LogP contribution in [0.4, 0.5) is 0 Å². The number of aromatic nitrogens is 1. The van der Waals surface area contributed by atoms with Crippen LogP contribution in [0.2, 0.25) is 0 Å². The Labute approximate surface area is 108 Å². The van der Waals surface area contributed by atoms with Crippen LogP contribution in [0.15, 0.2) is 24.4 Å². The van der Waals surface area contributed by atoms with Crippen LogP contribution in [0.25, 0.3) is 10.9 Å². The summed E-state index contributed by atoms with van der Waals surface area (Å²) in [5.74, 6) is 0.444. The van der Waals surface area contributed by atoms with Gasteiger partial charge in [-0.25, -0.2) is 0 Å². The second-order valence-electron chi connectivity index (χ2n) is 5.61. The number of nitrogens with two attached hydrogens (primary N) is 1. The number of rotatable bonds is 1. The molecule has 0 saturated carbocycles. The minimum Gasteiger partial charge on any atom is -0.361 e. The normalized spacial score (nSPS) is 25.7. The molecule has 3 N–H and O–H groups in total. The van der Waals surface area contributed by atoms with Crippen LogP contribution in [0.5, 0.6) is 0 Å². The van der Waals surface area contributed by atoms with Crippen molar-refractivity contribution in [2.24, 2.45) is 5.73 Å². The maximum absolute atomic E-state index is 6.32. The number of H-pyrrole nitrogens is 1. The molecule has 1 aromatic heterocycles. The molecule has 0 radical (unpaired) electrons. The maximum atomic E-state index is 6.32. The Morgan fingerprint density at radius 2 is 2.22 bits per heavy atom. The lowest BCUT2D eigenvalue weighted by molar-refractivity contribution is 0.229. The van der Waals surface area contributed by atoms with E-state index in [1.165, 1.54) is 22.0 Å². The second-order valence-corrected chi connectivity index (χ2v) is 5.61. The van der Waals surface area contributed by atoms with Gasteiger partial charge < -0.3 is 15.6 Å². The largest absolute Gasteiger partial charge is 0.361 e. The fourth-order valence-corrected chi connectivity index (χ4v) is 3.02. The van der Waals surface area contributed by atoms with Crippen LogP contribution in [-0.4, -0.2) is 36.1 Å². The van der Waals surface area contributed by atoms with Gasteiger partial charge in [0, 0.05) is 35.6 Å². The topological polar surface area (TPSA) is 45.0 Å². The maximum Gasteiger partial charge on any atom is 0.0457 e. The third-order valence-electron chi connectivity index (χ3n) is 4.14. The Hall–Kier alpha value is -1.32. The van der Waals surface area contributed by atoms with E-state index in [1.54, 1.807) is 0 Å². The molecule has 1 saturated heterocycles. The van der Waals surface area contributed by atoms with Gasteiger partial charge in [0.15, 0.2) is 0 Å². The van der Waals surface area contributed by atoms with Gasteiger partial charge in [0.2, 0.25) is 0 Å². The number of hydrogen-bond donors (Lipinski definition) is 2. The summed E-state index contributed by atoms with van der Waals surface area (Å²) in [6, 6.07) is 6.85. The smallest absolute Gasteiger partial charge is 0.0457 e. The van der Waals surface area contributed by atoms with E-state index in [0.29, 0.717) is 5.92 Å². The van der Waals surface area contributed by atoms with Crippen molar-refractivity contribution in [1.29, 1.82) is 0 Å². The zero-order valence-corrected chi connectivity index (χ0v) is 11.1. The van der Waals surface area contributed by atoms with Gasteiger partial charge in [-0.05, 0) is 44.6 Å². The van der Waals surface area contributed by atoms with E-state index in [-0.39, 0.29) is 6.04 Å². The number of piperidine rings is 1. The molecule has 2 unspecified atom stereocenters. The molecule has 3 rings (SSSR count). The molecular weight excluding hydrogens is 222 g/mol. The van der Waals surface area contributed by atoms with Crippen molar-refractivity contribution in [3.63, 3.8) is 0 Å². The van der Waals surface area contributed by atoms with Gasteiger partial charge in [-0.2, -0.15) is 0 Å². The van der Waals surface area contributed by atoms with Gasteiger partial charge in [-0.1, -0.05) is 11.6 Å². The monoisotopic (exact) mass is 243 g/mol. The summed E-state index contributed by atoms with van der Waals surface area (Å²) in [7, 11) is 2.18. The van der Waals surface area contributed by atoms with Gasteiger partial charge in [-0.3, -0.25) is 0 Å². The van der Waals surface area contributed by atoms with E-state index in [2.05, 4.69) is 48.3 Å². The van der Waals surface area contributed by atoms with Crippen molar-refractivity contribution < 1.29 is 0 Å². The van der Waals surface area contributed by atoms with E-state index in [9.17, 15) is 0 Å². The summed E-state index contributed by atoms with van der Waals surface area (Å²) in [6.45, 7) is 4.31. The standard InChI is InChI=1S/C15H21N3/c1-10-3-4-15-11(7-10)12(8-17-15)13-9-18(2)6-5-14(13)16/h3-4,7-8,13-14,17H,5-6,9,16H2,1-2H3. The molecule has 0 aliphatic carbocycles. The highest BCUT2D eigenvalue weighted by Gasteiger charge is 2.27. The second kappa shape index (κ2) is 4.41. The molecule has 1 aromatic carbocycles. The molecule has 2 atom stereocenters. The van der Waals surface area contributed by atoms with E-state index in [0.717, 1.165) is 19.5 Å². The Kier molecular flexibility index (Phi) is 2.88. The Bertz CT molecular complexity index is 558. The van der Waals surface area contributed by atoms with Crippen LogP contribution >= 0.6 is 0 Å². The molecule has 18 heavy (non-hydrogen) atoms. The third-order valence-corrected chi connectivity index (χ3v) is 4.14. The quantitative estimate of drug-likeness (QED) is 0.806. The molecule has 1 fully saturated rings. The summed E-state index contributed by atoms with van der Waals surface area (Å²) < 4.78 is 0. The molecule has 2 heterocycles.